The molecule has 1 aliphatic rings. The van der Waals surface area contributed by atoms with E-state index in [1.165, 1.54) is 11.9 Å². The van der Waals surface area contributed by atoms with Gasteiger partial charge in [0.1, 0.15) is 0 Å². The van der Waals surface area contributed by atoms with Crippen LogP contribution in [-0.4, -0.2) is 0 Å². The Morgan fingerprint density at radius 3 is 1.67 bits per heavy atom. The molecule has 0 amide bonds. The maximum absolute atomic E-state index is 2.27. The summed E-state index contributed by atoms with van der Waals surface area (Å²) in [4.78, 5) is 0. The van der Waals surface area contributed by atoms with Crippen LogP contribution < -0.4 is 7.91 Å². The summed E-state index contributed by atoms with van der Waals surface area (Å²) in [7, 11) is 0. The van der Waals surface area contributed by atoms with Crippen LogP contribution in [0.4, 0.5) is 0 Å². The zero-order valence-corrected chi connectivity index (χ0v) is 13.9. The summed E-state index contributed by atoms with van der Waals surface area (Å²) in [6.07, 6.45) is 15.1. The average Bonchev–Trinajstić information content (AvgIpc) is 2.52. The van der Waals surface area contributed by atoms with Crippen molar-refractivity contribution in [1.82, 2.24) is 0 Å². The molecule has 0 saturated carbocycles. The predicted octanol–water partition coefficient (Wildman–Crippen LogP) is 3.82. The quantitative estimate of drug-likeness (QED) is 0.665. The van der Waals surface area contributed by atoms with Crippen LogP contribution in [0.1, 0.15) is 0 Å². The van der Waals surface area contributed by atoms with Crippen LogP contribution >= 0.6 is 0 Å². The van der Waals surface area contributed by atoms with Crippen LogP contribution in [0.5, 0.6) is 0 Å². The monoisotopic (exact) mass is 452 g/mol. The van der Waals surface area contributed by atoms with Crippen molar-refractivity contribution >= 4 is 7.91 Å². The summed E-state index contributed by atoms with van der Waals surface area (Å²) < 4.78 is 4.41. The molecular weight excluding hydrogens is 435 g/mol. The van der Waals surface area contributed by atoms with E-state index in [0.717, 1.165) is 0 Å². The normalized spacial score (nSPS) is 14.3. The first-order valence-electron chi connectivity index (χ1n) is 6.87. The van der Waals surface area contributed by atoms with E-state index in [2.05, 4.69) is 103 Å². The van der Waals surface area contributed by atoms with Crippen molar-refractivity contribution in [1.29, 1.82) is 0 Å². The van der Waals surface area contributed by atoms with E-state index in [1.807, 2.05) is 0 Å². The summed E-state index contributed by atoms with van der Waals surface area (Å²) in [6, 6.07) is 21.8. The van der Waals surface area contributed by atoms with Crippen LogP contribution in [0.25, 0.3) is 0 Å². The fourth-order valence-electron chi connectivity index (χ4n) is 1.97. The summed E-state index contributed by atoms with van der Waals surface area (Å²) in [5, 5.41) is 0. The first-order valence-corrected chi connectivity index (χ1v) is 10.3. The molecule has 0 radical (unpaired) electrons. The van der Waals surface area contributed by atoms with Gasteiger partial charge < -0.3 is 0 Å². The van der Waals surface area contributed by atoms with Gasteiger partial charge >= 0.3 is 132 Å². The van der Waals surface area contributed by atoms with Gasteiger partial charge in [-0.2, -0.15) is 0 Å². The molecule has 107 valence electrons. The Balaban J connectivity index is 2.09. The van der Waals surface area contributed by atoms with Gasteiger partial charge in [-0.05, 0) is 0 Å². The molecule has 0 bridgehead atoms. The number of allylic oxidation sites excluding steroid dienone is 8. The molecule has 2 aromatic carbocycles. The molecule has 0 aliphatic heterocycles. The van der Waals surface area contributed by atoms with Gasteiger partial charge in [-0.25, -0.2) is 0 Å². The molecule has 0 saturated heterocycles. The van der Waals surface area contributed by atoms with Crippen molar-refractivity contribution < 1.29 is 17.3 Å². The van der Waals surface area contributed by atoms with Crippen LogP contribution in [0, 0.1) is 0 Å². The van der Waals surface area contributed by atoms with Gasteiger partial charge in [-0.1, -0.05) is 0 Å². The molecule has 21 heavy (non-hydrogen) atoms. The Morgan fingerprint density at radius 2 is 1.05 bits per heavy atom. The van der Waals surface area contributed by atoms with Gasteiger partial charge in [0, 0.05) is 0 Å². The van der Waals surface area contributed by atoms with Crippen molar-refractivity contribution in [2.24, 2.45) is 0 Å². The van der Waals surface area contributed by atoms with Gasteiger partial charge in [0.05, 0.1) is 0 Å². The Labute approximate surface area is 132 Å². The van der Waals surface area contributed by atoms with Crippen molar-refractivity contribution in [3.63, 3.8) is 0 Å². The van der Waals surface area contributed by atoms with Crippen molar-refractivity contribution in [2.75, 3.05) is 0 Å². The predicted molar refractivity (Wildman–Crippen MR) is 87.7 cm³/mol. The number of benzene rings is 2. The fourth-order valence-corrected chi connectivity index (χ4v) is 7.83. The van der Waals surface area contributed by atoms with E-state index < -0.39 is 17.3 Å². The first kappa shape index (κ1) is 14.0. The average molecular weight is 452 g/mol. The third-order valence-corrected chi connectivity index (χ3v) is 9.12. The Kier molecular flexibility index (Phi) is 4.81. The third kappa shape index (κ3) is 3.59. The van der Waals surface area contributed by atoms with E-state index in [9.17, 15) is 0 Å². The molecule has 0 nitrogen and oxygen atoms in total. The topological polar surface area (TPSA) is 0 Å². The maximum atomic E-state index is 2.27. The van der Waals surface area contributed by atoms with Crippen LogP contribution in [-0.2, 0) is 17.3 Å². The molecule has 2 aromatic rings. The van der Waals surface area contributed by atoms with Crippen LogP contribution in [0.15, 0.2) is 107 Å². The van der Waals surface area contributed by atoms with Gasteiger partial charge in [-0.3, -0.25) is 0 Å². The fraction of sp³-hybridized carbons (Fsp3) is 0. The number of hydrogen-bond donors (Lipinski definition) is 0. The van der Waals surface area contributed by atoms with Gasteiger partial charge in [-0.15, -0.1) is 0 Å². The Hall–Kier alpha value is -1.91. The van der Waals surface area contributed by atoms with Gasteiger partial charge in [0.25, 0.3) is 0 Å². The zero-order valence-electron chi connectivity index (χ0n) is 11.6. The molecule has 0 fully saturated rings. The van der Waals surface area contributed by atoms with Gasteiger partial charge in [0.2, 0.25) is 0 Å². The van der Waals surface area contributed by atoms with E-state index in [0.29, 0.717) is 0 Å². The van der Waals surface area contributed by atoms with E-state index >= 15 is 0 Å². The minimum atomic E-state index is -1.61. The van der Waals surface area contributed by atoms with E-state index in [1.54, 1.807) is 0 Å². The molecule has 0 unspecified atom stereocenters. The Bertz CT molecular complexity index is 652. The molecule has 0 atom stereocenters. The van der Waals surface area contributed by atoms with Crippen LogP contribution in [0.2, 0.25) is 0 Å². The summed E-state index contributed by atoms with van der Waals surface area (Å²) in [5.74, 6) is 0. The standard InChI is InChI=1S/C8H7.2C6H5.Pt/c1-2-4-6-8-7-5-3-1;2*1-2-4-6-5-3-1;/h1-7H;2*1-5H;. The third-order valence-electron chi connectivity index (χ3n) is 2.91. The molecule has 3 rings (SSSR count). The second-order valence-electron chi connectivity index (χ2n) is 4.40. The number of rotatable bonds is 3. The van der Waals surface area contributed by atoms with E-state index in [-0.39, 0.29) is 0 Å². The first-order chi connectivity index (χ1) is 10.4. The van der Waals surface area contributed by atoms with Crippen molar-refractivity contribution in [3.05, 3.63) is 107 Å². The summed E-state index contributed by atoms with van der Waals surface area (Å²) in [5.41, 5.74) is 0. The molecule has 0 N–H and O–H groups in total. The minimum absolute atomic E-state index is 1.46. The van der Waals surface area contributed by atoms with Crippen LogP contribution in [0.3, 0.4) is 0 Å². The summed E-state index contributed by atoms with van der Waals surface area (Å²) >= 11 is -1.61. The van der Waals surface area contributed by atoms with Crippen molar-refractivity contribution in [2.45, 2.75) is 0 Å². The molecule has 1 heteroatoms. The second-order valence-corrected chi connectivity index (χ2v) is 10.0. The van der Waals surface area contributed by atoms with E-state index in [4.69, 9.17) is 0 Å². The molecule has 0 heterocycles. The molecular formula is C20H17Pt. The van der Waals surface area contributed by atoms with Crippen molar-refractivity contribution in [3.8, 4) is 0 Å². The number of hydrogen-bond acceptors (Lipinski definition) is 0. The second kappa shape index (κ2) is 7.20. The zero-order chi connectivity index (χ0) is 14.3. The SMILES string of the molecule is C1=CC=C[C]([Pt]([c]2ccccc2)[c]2ccccc2)=CC=C1. The molecule has 0 spiro atoms. The summed E-state index contributed by atoms with van der Waals surface area (Å²) in [6.45, 7) is 0. The Morgan fingerprint density at radius 1 is 0.524 bits per heavy atom. The molecule has 0 aromatic heterocycles. The molecule has 1 aliphatic carbocycles. The van der Waals surface area contributed by atoms with Gasteiger partial charge in [0.15, 0.2) is 0 Å².